The molecule has 0 amide bonds. The van der Waals surface area contributed by atoms with Gasteiger partial charge in [0, 0.05) is 10.7 Å². The van der Waals surface area contributed by atoms with Crippen LogP contribution in [0.5, 0.6) is 0 Å². The normalized spacial score (nSPS) is 11.6. The van der Waals surface area contributed by atoms with E-state index < -0.39 is 9.84 Å². The molecule has 0 saturated carbocycles. The summed E-state index contributed by atoms with van der Waals surface area (Å²) in [6.45, 7) is 3.84. The first kappa shape index (κ1) is 14.9. The monoisotopic (exact) mass is 309 g/mol. The topological polar surface area (TPSA) is 60.2 Å². The van der Waals surface area contributed by atoms with Crippen molar-refractivity contribution >= 4 is 27.1 Å². The third-order valence-corrected chi connectivity index (χ3v) is 5.28. The lowest BCUT2D eigenvalue weighted by atomic mass is 10.1. The Morgan fingerprint density at radius 2 is 1.75 bits per heavy atom. The molecule has 2 aromatic rings. The number of benzene rings is 2. The molecule has 20 heavy (non-hydrogen) atoms. The van der Waals surface area contributed by atoms with E-state index in [1.807, 2.05) is 19.9 Å². The maximum atomic E-state index is 12.4. The van der Waals surface area contributed by atoms with Crippen molar-refractivity contribution in [3.8, 4) is 0 Å². The summed E-state index contributed by atoms with van der Waals surface area (Å²) in [7, 11) is -3.43. The maximum Gasteiger partial charge on any atom is 0.182 e. The summed E-state index contributed by atoms with van der Waals surface area (Å²) in [5.41, 5.74) is 8.70. The van der Waals surface area contributed by atoms with Crippen molar-refractivity contribution < 1.29 is 8.42 Å². The molecule has 0 aliphatic carbocycles. The van der Waals surface area contributed by atoms with Gasteiger partial charge < -0.3 is 5.73 Å². The third-order valence-electron chi connectivity index (χ3n) is 3.25. The van der Waals surface area contributed by atoms with Crippen LogP contribution >= 0.6 is 11.6 Å². The lowest BCUT2D eigenvalue weighted by molar-refractivity contribution is 0.595. The fraction of sp³-hybridized carbons (Fsp3) is 0.200. The van der Waals surface area contributed by atoms with Gasteiger partial charge in [0.05, 0.1) is 10.6 Å². The van der Waals surface area contributed by atoms with E-state index in [2.05, 4.69) is 0 Å². The molecule has 0 aliphatic rings. The zero-order valence-electron chi connectivity index (χ0n) is 11.4. The first-order valence-electron chi connectivity index (χ1n) is 6.13. The maximum absolute atomic E-state index is 12.4. The average molecular weight is 310 g/mol. The molecule has 0 radical (unpaired) electrons. The predicted molar refractivity (Wildman–Crippen MR) is 82.7 cm³/mol. The molecule has 0 aromatic heterocycles. The second-order valence-electron chi connectivity index (χ2n) is 4.86. The summed E-state index contributed by atoms with van der Waals surface area (Å²) in [5.74, 6) is -0.153. The van der Waals surface area contributed by atoms with Crippen LogP contribution in [0.1, 0.15) is 16.7 Å². The number of aryl methyl sites for hydroxylation is 2. The Bertz CT molecular complexity index is 754. The molecule has 0 atom stereocenters. The molecule has 0 fully saturated rings. The first-order chi connectivity index (χ1) is 9.29. The van der Waals surface area contributed by atoms with Crippen molar-refractivity contribution in [2.75, 3.05) is 5.73 Å². The molecular formula is C15H16ClNO2S. The number of nitrogens with two attached hydrogens (primary N) is 1. The number of hydrogen-bond acceptors (Lipinski definition) is 3. The van der Waals surface area contributed by atoms with Gasteiger partial charge in [-0.1, -0.05) is 17.7 Å². The minimum absolute atomic E-state index is 0.153. The molecule has 2 aromatic carbocycles. The van der Waals surface area contributed by atoms with E-state index in [1.54, 1.807) is 30.3 Å². The van der Waals surface area contributed by atoms with Crippen LogP contribution in [0.25, 0.3) is 0 Å². The van der Waals surface area contributed by atoms with E-state index >= 15 is 0 Å². The summed E-state index contributed by atoms with van der Waals surface area (Å²) < 4.78 is 24.9. The summed E-state index contributed by atoms with van der Waals surface area (Å²) in [4.78, 5) is 0.305. The Balaban J connectivity index is 2.40. The molecule has 0 aliphatic heterocycles. The van der Waals surface area contributed by atoms with Crippen LogP contribution in [-0.4, -0.2) is 8.42 Å². The van der Waals surface area contributed by atoms with Crippen LogP contribution in [0.2, 0.25) is 5.02 Å². The molecule has 106 valence electrons. The van der Waals surface area contributed by atoms with Gasteiger partial charge in [0.25, 0.3) is 0 Å². The molecule has 0 saturated heterocycles. The second kappa shape index (κ2) is 5.46. The largest absolute Gasteiger partial charge is 0.399 e. The summed E-state index contributed by atoms with van der Waals surface area (Å²) in [6.07, 6.45) is 0. The van der Waals surface area contributed by atoms with E-state index in [0.29, 0.717) is 21.2 Å². The van der Waals surface area contributed by atoms with Gasteiger partial charge in [0.1, 0.15) is 0 Å². The van der Waals surface area contributed by atoms with Crippen LogP contribution < -0.4 is 5.73 Å². The smallest absolute Gasteiger partial charge is 0.182 e. The first-order valence-corrected chi connectivity index (χ1v) is 8.16. The van der Waals surface area contributed by atoms with Crippen molar-refractivity contribution in [1.82, 2.24) is 0 Å². The number of anilines is 1. The van der Waals surface area contributed by atoms with Gasteiger partial charge in [-0.15, -0.1) is 0 Å². The molecule has 0 heterocycles. The van der Waals surface area contributed by atoms with Crippen LogP contribution in [0.15, 0.2) is 41.3 Å². The fourth-order valence-corrected chi connectivity index (χ4v) is 3.61. The molecule has 2 rings (SSSR count). The number of halogens is 1. The number of nitrogen functional groups attached to an aromatic ring is 1. The highest BCUT2D eigenvalue weighted by molar-refractivity contribution is 7.90. The van der Waals surface area contributed by atoms with E-state index in [9.17, 15) is 8.42 Å². The molecule has 0 unspecified atom stereocenters. The minimum Gasteiger partial charge on any atom is -0.399 e. The van der Waals surface area contributed by atoms with E-state index in [-0.39, 0.29) is 5.75 Å². The molecule has 0 spiro atoms. The Hall–Kier alpha value is -1.52. The van der Waals surface area contributed by atoms with Crippen molar-refractivity contribution in [2.45, 2.75) is 24.5 Å². The number of rotatable bonds is 3. The van der Waals surface area contributed by atoms with Gasteiger partial charge in [-0.05, 0) is 60.9 Å². The zero-order valence-corrected chi connectivity index (χ0v) is 12.9. The van der Waals surface area contributed by atoms with Gasteiger partial charge in [0.2, 0.25) is 0 Å². The number of sulfone groups is 1. The van der Waals surface area contributed by atoms with E-state index in [0.717, 1.165) is 11.1 Å². The van der Waals surface area contributed by atoms with Crippen LogP contribution in [0, 0.1) is 13.8 Å². The Morgan fingerprint density at radius 1 is 1.05 bits per heavy atom. The predicted octanol–water partition coefficient (Wildman–Crippen LogP) is 3.51. The zero-order chi connectivity index (χ0) is 14.9. The lowest BCUT2D eigenvalue weighted by Crippen LogP contribution is -2.06. The third kappa shape index (κ3) is 3.14. The summed E-state index contributed by atoms with van der Waals surface area (Å²) in [6, 6.07) is 9.98. The molecular weight excluding hydrogens is 294 g/mol. The van der Waals surface area contributed by atoms with Gasteiger partial charge >= 0.3 is 0 Å². The second-order valence-corrected chi connectivity index (χ2v) is 7.25. The van der Waals surface area contributed by atoms with Gasteiger partial charge in [-0.2, -0.15) is 0 Å². The molecule has 2 N–H and O–H groups in total. The number of hydrogen-bond donors (Lipinski definition) is 1. The highest BCUT2D eigenvalue weighted by Gasteiger charge is 2.17. The molecule has 3 nitrogen and oxygen atoms in total. The quantitative estimate of drug-likeness (QED) is 0.883. The van der Waals surface area contributed by atoms with Crippen molar-refractivity contribution in [1.29, 1.82) is 0 Å². The Labute approximate surface area is 124 Å². The van der Waals surface area contributed by atoms with Crippen molar-refractivity contribution in [2.24, 2.45) is 0 Å². The Kier molecular flexibility index (Phi) is 4.06. The average Bonchev–Trinajstić information content (AvgIpc) is 2.36. The molecule has 0 bridgehead atoms. The Morgan fingerprint density at radius 3 is 2.40 bits per heavy atom. The lowest BCUT2D eigenvalue weighted by Gasteiger charge is -2.09. The SMILES string of the molecule is Cc1ccc(S(=O)(=O)Cc2cc(N)ccc2Cl)cc1C. The van der Waals surface area contributed by atoms with Gasteiger partial charge in [-0.25, -0.2) is 8.42 Å². The summed E-state index contributed by atoms with van der Waals surface area (Å²) >= 11 is 6.03. The van der Waals surface area contributed by atoms with Crippen LogP contribution in [0.4, 0.5) is 5.69 Å². The van der Waals surface area contributed by atoms with Crippen LogP contribution in [0.3, 0.4) is 0 Å². The highest BCUT2D eigenvalue weighted by atomic mass is 35.5. The van der Waals surface area contributed by atoms with E-state index in [4.69, 9.17) is 17.3 Å². The molecule has 5 heteroatoms. The van der Waals surface area contributed by atoms with Crippen molar-refractivity contribution in [3.05, 3.63) is 58.1 Å². The fourth-order valence-electron chi connectivity index (χ4n) is 1.90. The highest BCUT2D eigenvalue weighted by Crippen LogP contribution is 2.25. The van der Waals surface area contributed by atoms with Gasteiger partial charge in [0.15, 0.2) is 9.84 Å². The minimum atomic E-state index is -3.43. The summed E-state index contributed by atoms with van der Waals surface area (Å²) in [5, 5.41) is 0.409. The van der Waals surface area contributed by atoms with Crippen LogP contribution in [-0.2, 0) is 15.6 Å². The van der Waals surface area contributed by atoms with Gasteiger partial charge in [-0.3, -0.25) is 0 Å². The standard InChI is InChI=1S/C15H16ClNO2S/c1-10-3-5-14(7-11(10)2)20(18,19)9-12-8-13(17)4-6-15(12)16/h3-8H,9,17H2,1-2H3. The van der Waals surface area contributed by atoms with E-state index in [1.165, 1.54) is 0 Å². The van der Waals surface area contributed by atoms with Crippen molar-refractivity contribution in [3.63, 3.8) is 0 Å².